The first-order chi connectivity index (χ1) is 11.1. The van der Waals surface area contributed by atoms with Crippen molar-refractivity contribution in [3.8, 4) is 0 Å². The van der Waals surface area contributed by atoms with Gasteiger partial charge in [0.05, 0.1) is 25.6 Å². The fourth-order valence-corrected chi connectivity index (χ4v) is 2.71. The van der Waals surface area contributed by atoms with E-state index in [1.54, 1.807) is 47.8 Å². The van der Waals surface area contributed by atoms with Gasteiger partial charge in [0.15, 0.2) is 0 Å². The van der Waals surface area contributed by atoms with E-state index in [-0.39, 0.29) is 24.6 Å². The summed E-state index contributed by atoms with van der Waals surface area (Å²) in [5.74, 6) is 0.498. The van der Waals surface area contributed by atoms with Gasteiger partial charge in [-0.05, 0) is 42.5 Å². The highest BCUT2D eigenvalue weighted by Gasteiger charge is 2.20. The van der Waals surface area contributed by atoms with Crippen molar-refractivity contribution in [2.75, 3.05) is 0 Å². The Morgan fingerprint density at radius 2 is 1.65 bits per heavy atom. The second-order valence-corrected chi connectivity index (χ2v) is 5.89. The Labute approximate surface area is 140 Å². The third-order valence-corrected chi connectivity index (χ3v) is 3.71. The highest BCUT2D eigenvalue weighted by Crippen LogP contribution is 2.19. The summed E-state index contributed by atoms with van der Waals surface area (Å²) in [6.45, 7) is 0.529. The van der Waals surface area contributed by atoms with Gasteiger partial charge in [0.25, 0.3) is 5.91 Å². The van der Waals surface area contributed by atoms with Crippen molar-refractivity contribution in [3.63, 3.8) is 0 Å². The molecule has 118 valence electrons. The average Bonchev–Trinajstić information content (AvgIpc) is 3.18. The van der Waals surface area contributed by atoms with Crippen LogP contribution in [0.3, 0.4) is 0 Å². The summed E-state index contributed by atoms with van der Waals surface area (Å²) in [5.41, 5.74) is 0.259. The molecule has 0 bridgehead atoms. The Morgan fingerprint density at radius 1 is 1.04 bits per heavy atom. The van der Waals surface area contributed by atoms with Crippen molar-refractivity contribution in [1.29, 1.82) is 0 Å². The van der Waals surface area contributed by atoms with Gasteiger partial charge in [-0.2, -0.15) is 0 Å². The molecule has 6 heteroatoms. The molecule has 0 N–H and O–H groups in total. The van der Waals surface area contributed by atoms with Crippen LogP contribution < -0.4 is 0 Å². The van der Waals surface area contributed by atoms with Gasteiger partial charge in [-0.25, -0.2) is 4.39 Å². The maximum Gasteiger partial charge on any atom is 0.254 e. The van der Waals surface area contributed by atoms with Gasteiger partial charge in [0, 0.05) is 10.0 Å². The number of rotatable bonds is 5. The van der Waals surface area contributed by atoms with Crippen molar-refractivity contribution in [2.45, 2.75) is 13.1 Å². The molecule has 0 saturated heterocycles. The van der Waals surface area contributed by atoms with Gasteiger partial charge in [0.1, 0.15) is 17.3 Å². The molecule has 0 aliphatic rings. The molecule has 4 nitrogen and oxygen atoms in total. The molecule has 2 heterocycles. The first-order valence-corrected chi connectivity index (χ1v) is 7.71. The number of carbonyl (C=O) groups is 1. The number of amides is 1. The topological polar surface area (TPSA) is 46.6 Å². The van der Waals surface area contributed by atoms with Crippen LogP contribution in [0.4, 0.5) is 4.39 Å². The van der Waals surface area contributed by atoms with Crippen molar-refractivity contribution >= 4 is 21.8 Å². The van der Waals surface area contributed by atoms with Crippen LogP contribution in [0.15, 0.2) is 68.3 Å². The van der Waals surface area contributed by atoms with E-state index in [2.05, 4.69) is 15.9 Å². The lowest BCUT2D eigenvalue weighted by Crippen LogP contribution is -2.30. The van der Waals surface area contributed by atoms with E-state index in [9.17, 15) is 9.18 Å². The van der Waals surface area contributed by atoms with Gasteiger partial charge < -0.3 is 13.7 Å². The van der Waals surface area contributed by atoms with Crippen LogP contribution in [-0.2, 0) is 13.1 Å². The van der Waals surface area contributed by atoms with Gasteiger partial charge in [0.2, 0.25) is 0 Å². The van der Waals surface area contributed by atoms with Gasteiger partial charge >= 0.3 is 0 Å². The second-order valence-electron chi connectivity index (χ2n) is 4.98. The molecule has 23 heavy (non-hydrogen) atoms. The summed E-state index contributed by atoms with van der Waals surface area (Å²) in [4.78, 5) is 14.3. The van der Waals surface area contributed by atoms with Crippen LogP contribution in [0.25, 0.3) is 0 Å². The van der Waals surface area contributed by atoms with Crippen molar-refractivity contribution in [2.24, 2.45) is 0 Å². The van der Waals surface area contributed by atoms with E-state index in [1.165, 1.54) is 12.1 Å². The van der Waals surface area contributed by atoms with E-state index in [4.69, 9.17) is 8.83 Å². The Bertz CT molecular complexity index is 728. The van der Waals surface area contributed by atoms with E-state index in [1.807, 2.05) is 0 Å². The Morgan fingerprint density at radius 3 is 2.13 bits per heavy atom. The molecular formula is C17H13BrFNO3. The molecule has 0 atom stereocenters. The zero-order valence-electron chi connectivity index (χ0n) is 12.0. The summed E-state index contributed by atoms with van der Waals surface area (Å²) >= 11 is 3.20. The van der Waals surface area contributed by atoms with Crippen LogP contribution in [0.2, 0.25) is 0 Å². The third-order valence-electron chi connectivity index (χ3n) is 3.25. The lowest BCUT2D eigenvalue weighted by atomic mass is 10.2. The Balaban J connectivity index is 1.88. The van der Waals surface area contributed by atoms with Crippen LogP contribution in [0.5, 0.6) is 0 Å². The standard InChI is InChI=1S/C17H13BrFNO3/c18-13-7-12(8-14(19)9-13)17(21)20(10-15-3-1-5-22-15)11-16-4-2-6-23-16/h1-9H,10-11H2. The Hall–Kier alpha value is -2.34. The molecule has 0 aliphatic heterocycles. The minimum Gasteiger partial charge on any atom is -0.467 e. The number of furan rings is 2. The van der Waals surface area contributed by atoms with Crippen molar-refractivity contribution < 1.29 is 18.0 Å². The monoisotopic (exact) mass is 377 g/mol. The summed E-state index contributed by atoms with van der Waals surface area (Å²) in [7, 11) is 0. The summed E-state index contributed by atoms with van der Waals surface area (Å²) < 4.78 is 24.7. The quantitative estimate of drug-likeness (QED) is 0.651. The fourth-order valence-electron chi connectivity index (χ4n) is 2.24. The van der Waals surface area contributed by atoms with E-state index in [0.29, 0.717) is 16.0 Å². The summed E-state index contributed by atoms with van der Waals surface area (Å²) in [6.07, 6.45) is 3.09. The maximum atomic E-state index is 13.6. The molecule has 0 aliphatic carbocycles. The number of halogens is 2. The van der Waals surface area contributed by atoms with Gasteiger partial charge in [-0.3, -0.25) is 4.79 Å². The third kappa shape index (κ3) is 3.90. The SMILES string of the molecule is O=C(c1cc(F)cc(Br)c1)N(Cc1ccco1)Cc1ccco1. The van der Waals surface area contributed by atoms with Gasteiger partial charge in [-0.15, -0.1) is 0 Å². The molecule has 0 unspecified atom stereocenters. The lowest BCUT2D eigenvalue weighted by molar-refractivity contribution is 0.0704. The molecule has 3 rings (SSSR count). The van der Waals surface area contributed by atoms with Crippen LogP contribution in [0, 0.1) is 5.82 Å². The molecule has 3 aromatic rings. The molecule has 0 spiro atoms. The largest absolute Gasteiger partial charge is 0.467 e. The predicted octanol–water partition coefficient (Wildman–Crippen LogP) is 4.62. The smallest absolute Gasteiger partial charge is 0.254 e. The van der Waals surface area contributed by atoms with E-state index >= 15 is 0 Å². The minimum absolute atomic E-state index is 0.259. The zero-order chi connectivity index (χ0) is 16.2. The molecule has 1 aromatic carbocycles. The number of benzene rings is 1. The van der Waals surface area contributed by atoms with Gasteiger partial charge in [-0.1, -0.05) is 15.9 Å². The van der Waals surface area contributed by atoms with E-state index in [0.717, 1.165) is 0 Å². The summed E-state index contributed by atoms with van der Waals surface area (Å²) in [5, 5.41) is 0. The van der Waals surface area contributed by atoms with E-state index < -0.39 is 5.82 Å². The molecule has 1 amide bonds. The first-order valence-electron chi connectivity index (χ1n) is 6.92. The zero-order valence-corrected chi connectivity index (χ0v) is 13.6. The molecule has 0 saturated carbocycles. The lowest BCUT2D eigenvalue weighted by Gasteiger charge is -2.21. The normalized spacial score (nSPS) is 10.7. The predicted molar refractivity (Wildman–Crippen MR) is 85.1 cm³/mol. The second kappa shape index (κ2) is 6.83. The number of carbonyl (C=O) groups excluding carboxylic acids is 1. The Kier molecular flexibility index (Phi) is 4.62. The van der Waals surface area contributed by atoms with Crippen molar-refractivity contribution in [3.05, 3.63) is 82.4 Å². The number of hydrogen-bond donors (Lipinski definition) is 0. The van der Waals surface area contributed by atoms with Crippen LogP contribution in [0.1, 0.15) is 21.9 Å². The van der Waals surface area contributed by atoms with Crippen LogP contribution >= 0.6 is 15.9 Å². The average molecular weight is 378 g/mol. The highest BCUT2D eigenvalue weighted by atomic mass is 79.9. The van der Waals surface area contributed by atoms with Crippen LogP contribution in [-0.4, -0.2) is 10.8 Å². The fraction of sp³-hybridized carbons (Fsp3) is 0.118. The minimum atomic E-state index is -0.473. The molecule has 0 radical (unpaired) electrons. The molecular weight excluding hydrogens is 365 g/mol. The summed E-state index contributed by atoms with van der Waals surface area (Å²) in [6, 6.07) is 11.2. The molecule has 2 aromatic heterocycles. The first kappa shape index (κ1) is 15.6. The number of hydrogen-bond acceptors (Lipinski definition) is 3. The highest BCUT2D eigenvalue weighted by molar-refractivity contribution is 9.10. The maximum absolute atomic E-state index is 13.6. The van der Waals surface area contributed by atoms with Crippen molar-refractivity contribution in [1.82, 2.24) is 4.90 Å². The number of nitrogens with zero attached hydrogens (tertiary/aromatic N) is 1. The molecule has 0 fully saturated rings.